The van der Waals surface area contributed by atoms with Crippen LogP contribution in [0.1, 0.15) is 42.5 Å². The van der Waals surface area contributed by atoms with E-state index in [1.807, 2.05) is 30.3 Å². The Morgan fingerprint density at radius 3 is 2.90 bits per heavy atom. The fraction of sp³-hybridized carbons (Fsp3) is 0.567. The normalized spacial score (nSPS) is 22.6. The molecule has 0 saturated carbocycles. The highest BCUT2D eigenvalue weighted by atomic mass is 16.5. The first kappa shape index (κ1) is 27.6. The SMILES string of the molecule is O=C(O)C(CCN1CCC(CCc2ccc3c(n2)NCCC3)C1)NC(=O)C1COCCN1Cc1ccccc1. The Morgan fingerprint density at radius 1 is 1.18 bits per heavy atom. The van der Waals surface area contributed by atoms with Crippen molar-refractivity contribution in [2.45, 2.75) is 57.2 Å². The molecule has 2 fully saturated rings. The minimum Gasteiger partial charge on any atom is -0.480 e. The number of fused-ring (bicyclic) bond motifs is 1. The van der Waals surface area contributed by atoms with E-state index in [1.165, 1.54) is 12.0 Å². The summed E-state index contributed by atoms with van der Waals surface area (Å²) in [5.74, 6) is 0.373. The Balaban J connectivity index is 1.07. The third-order valence-electron chi connectivity index (χ3n) is 8.25. The van der Waals surface area contributed by atoms with E-state index >= 15 is 0 Å². The second-order valence-corrected chi connectivity index (χ2v) is 11.1. The van der Waals surface area contributed by atoms with Crippen LogP contribution in [-0.4, -0.2) is 89.8 Å². The molecule has 3 aliphatic rings. The van der Waals surface area contributed by atoms with Crippen molar-refractivity contribution < 1.29 is 19.4 Å². The average Bonchev–Trinajstić information content (AvgIpc) is 3.42. The molecule has 3 aliphatic heterocycles. The van der Waals surface area contributed by atoms with Gasteiger partial charge in [-0.3, -0.25) is 9.69 Å². The predicted molar refractivity (Wildman–Crippen MR) is 150 cm³/mol. The molecule has 210 valence electrons. The van der Waals surface area contributed by atoms with Gasteiger partial charge in [-0.1, -0.05) is 36.4 Å². The van der Waals surface area contributed by atoms with Gasteiger partial charge in [-0.05, 0) is 68.2 Å². The second kappa shape index (κ2) is 13.4. The number of aliphatic carboxylic acids is 1. The van der Waals surface area contributed by atoms with Crippen LogP contribution in [0.5, 0.6) is 0 Å². The van der Waals surface area contributed by atoms with Crippen LogP contribution in [-0.2, 0) is 33.7 Å². The molecular formula is C30H41N5O4. The molecule has 39 heavy (non-hydrogen) atoms. The molecule has 3 atom stereocenters. The Morgan fingerprint density at radius 2 is 2.05 bits per heavy atom. The van der Waals surface area contributed by atoms with Gasteiger partial charge in [0.25, 0.3) is 0 Å². The van der Waals surface area contributed by atoms with Gasteiger partial charge in [0.2, 0.25) is 5.91 Å². The average molecular weight is 536 g/mol. The maximum absolute atomic E-state index is 13.2. The number of hydrogen-bond donors (Lipinski definition) is 3. The predicted octanol–water partition coefficient (Wildman–Crippen LogP) is 2.55. The fourth-order valence-electron chi connectivity index (χ4n) is 5.94. The molecule has 9 nitrogen and oxygen atoms in total. The van der Waals surface area contributed by atoms with Gasteiger partial charge in [0.1, 0.15) is 17.9 Å². The number of aromatic nitrogens is 1. The highest BCUT2D eigenvalue weighted by Gasteiger charge is 2.33. The van der Waals surface area contributed by atoms with E-state index < -0.39 is 18.1 Å². The summed E-state index contributed by atoms with van der Waals surface area (Å²) in [5, 5.41) is 16.1. The Kier molecular flexibility index (Phi) is 9.44. The summed E-state index contributed by atoms with van der Waals surface area (Å²) in [6, 6.07) is 13.0. The van der Waals surface area contributed by atoms with E-state index in [2.05, 4.69) is 32.6 Å². The third-order valence-corrected chi connectivity index (χ3v) is 8.25. The number of hydrogen-bond acceptors (Lipinski definition) is 7. The standard InChI is InChI=1S/C30H41N5O4/c36-29(27-21-39-18-17-35(27)20-22-5-2-1-3-6-22)33-26(30(37)38)13-16-34-15-12-23(19-34)8-10-25-11-9-24-7-4-14-31-28(24)32-25/h1-3,5-6,9,11,23,26-27H,4,7-8,10,12-21H2,(H,31,32)(H,33,36)(H,37,38). The lowest BCUT2D eigenvalue weighted by atomic mass is 10.00. The van der Waals surface area contributed by atoms with Gasteiger partial charge in [0.15, 0.2) is 0 Å². The smallest absolute Gasteiger partial charge is 0.326 e. The number of nitrogens with zero attached hydrogens (tertiary/aromatic N) is 3. The second-order valence-electron chi connectivity index (χ2n) is 11.1. The van der Waals surface area contributed by atoms with Gasteiger partial charge >= 0.3 is 5.97 Å². The maximum Gasteiger partial charge on any atom is 0.326 e. The van der Waals surface area contributed by atoms with E-state index in [0.29, 0.717) is 38.6 Å². The number of anilines is 1. The van der Waals surface area contributed by atoms with Gasteiger partial charge in [-0.2, -0.15) is 0 Å². The van der Waals surface area contributed by atoms with Crippen LogP contribution in [0.3, 0.4) is 0 Å². The Hall–Kier alpha value is -3.01. The van der Waals surface area contributed by atoms with Crippen molar-refractivity contribution in [1.82, 2.24) is 20.1 Å². The van der Waals surface area contributed by atoms with Crippen LogP contribution in [0.2, 0.25) is 0 Å². The first-order chi connectivity index (χ1) is 19.0. The lowest BCUT2D eigenvalue weighted by Crippen LogP contribution is -2.56. The number of carbonyl (C=O) groups excluding carboxylic acids is 1. The summed E-state index contributed by atoms with van der Waals surface area (Å²) in [6.45, 7) is 5.69. The summed E-state index contributed by atoms with van der Waals surface area (Å²) in [4.78, 5) is 34.4. The zero-order chi connectivity index (χ0) is 27.0. The zero-order valence-corrected chi connectivity index (χ0v) is 22.7. The van der Waals surface area contributed by atoms with Crippen LogP contribution in [0.4, 0.5) is 5.82 Å². The lowest BCUT2D eigenvalue weighted by molar-refractivity contribution is -0.144. The highest BCUT2D eigenvalue weighted by molar-refractivity contribution is 5.87. The molecule has 1 aromatic heterocycles. The number of amides is 1. The minimum absolute atomic E-state index is 0.272. The van der Waals surface area contributed by atoms with E-state index in [1.54, 1.807) is 0 Å². The Labute approximate surface area is 230 Å². The van der Waals surface area contributed by atoms with Crippen LogP contribution < -0.4 is 10.6 Å². The molecule has 3 N–H and O–H groups in total. The van der Waals surface area contributed by atoms with Crippen LogP contribution in [0.15, 0.2) is 42.5 Å². The van der Waals surface area contributed by atoms with Crippen LogP contribution in [0, 0.1) is 5.92 Å². The van der Waals surface area contributed by atoms with Gasteiger partial charge in [0.05, 0.1) is 13.2 Å². The van der Waals surface area contributed by atoms with Crippen molar-refractivity contribution in [2.75, 3.05) is 51.3 Å². The molecule has 4 heterocycles. The molecule has 1 amide bonds. The Bertz CT molecular complexity index is 1110. The summed E-state index contributed by atoms with van der Waals surface area (Å²) in [6.07, 6.45) is 5.81. The number of carboxylic acids is 1. The number of aryl methyl sites for hydroxylation is 2. The number of morpholine rings is 1. The van der Waals surface area contributed by atoms with E-state index in [-0.39, 0.29) is 12.5 Å². The number of rotatable bonds is 11. The lowest BCUT2D eigenvalue weighted by Gasteiger charge is -2.35. The summed E-state index contributed by atoms with van der Waals surface area (Å²) >= 11 is 0. The van der Waals surface area contributed by atoms with E-state index in [0.717, 1.165) is 62.4 Å². The van der Waals surface area contributed by atoms with Crippen molar-refractivity contribution >= 4 is 17.7 Å². The highest BCUT2D eigenvalue weighted by Crippen LogP contribution is 2.24. The van der Waals surface area contributed by atoms with Crippen molar-refractivity contribution in [2.24, 2.45) is 5.92 Å². The molecule has 2 saturated heterocycles. The summed E-state index contributed by atoms with van der Waals surface area (Å²) in [5.41, 5.74) is 3.58. The third kappa shape index (κ3) is 7.56. The number of ether oxygens (including phenoxy) is 1. The van der Waals surface area contributed by atoms with Crippen molar-refractivity contribution in [1.29, 1.82) is 0 Å². The van der Waals surface area contributed by atoms with Gasteiger partial charge in [-0.15, -0.1) is 0 Å². The maximum atomic E-state index is 13.2. The summed E-state index contributed by atoms with van der Waals surface area (Å²) < 4.78 is 5.58. The molecule has 0 aliphatic carbocycles. The van der Waals surface area contributed by atoms with Crippen LogP contribution >= 0.6 is 0 Å². The van der Waals surface area contributed by atoms with Crippen molar-refractivity contribution in [3.63, 3.8) is 0 Å². The van der Waals surface area contributed by atoms with Gasteiger partial charge in [-0.25, -0.2) is 9.78 Å². The topological polar surface area (TPSA) is 107 Å². The molecule has 9 heteroatoms. The molecule has 2 aromatic rings. The number of carboxylic acid groups (broad SMARTS) is 1. The largest absolute Gasteiger partial charge is 0.480 e. The van der Waals surface area contributed by atoms with Crippen molar-refractivity contribution in [3.05, 3.63) is 59.3 Å². The number of benzene rings is 1. The molecule has 3 unspecified atom stereocenters. The number of pyridine rings is 1. The van der Waals surface area contributed by atoms with Crippen LogP contribution in [0.25, 0.3) is 0 Å². The number of likely N-dealkylation sites (tertiary alicyclic amines) is 1. The number of nitrogens with one attached hydrogen (secondary N) is 2. The summed E-state index contributed by atoms with van der Waals surface area (Å²) in [7, 11) is 0. The molecule has 0 bridgehead atoms. The van der Waals surface area contributed by atoms with Gasteiger partial charge in [0, 0.05) is 38.4 Å². The van der Waals surface area contributed by atoms with Gasteiger partial charge < -0.3 is 25.4 Å². The molecule has 0 radical (unpaired) electrons. The van der Waals surface area contributed by atoms with E-state index in [9.17, 15) is 14.7 Å². The fourth-order valence-corrected chi connectivity index (χ4v) is 5.94. The molecule has 0 spiro atoms. The first-order valence-electron chi connectivity index (χ1n) is 14.4. The molecule has 5 rings (SSSR count). The van der Waals surface area contributed by atoms with Crippen molar-refractivity contribution in [3.8, 4) is 0 Å². The number of carbonyl (C=O) groups is 2. The van der Waals surface area contributed by atoms with E-state index in [4.69, 9.17) is 9.72 Å². The minimum atomic E-state index is -0.988. The zero-order valence-electron chi connectivity index (χ0n) is 22.7. The monoisotopic (exact) mass is 535 g/mol. The first-order valence-corrected chi connectivity index (χ1v) is 14.4. The molecule has 1 aromatic carbocycles. The molecular weight excluding hydrogens is 494 g/mol. The quantitative estimate of drug-likeness (QED) is 0.403.